The highest BCUT2D eigenvalue weighted by Crippen LogP contribution is 2.03. The van der Waals surface area contributed by atoms with Gasteiger partial charge in [-0.1, -0.05) is 62.2 Å². The second-order valence-corrected chi connectivity index (χ2v) is 3.64. The Morgan fingerprint density at radius 3 is 2.43 bits per heavy atom. The van der Waals surface area contributed by atoms with E-state index in [1.807, 2.05) is 0 Å². The molecule has 1 aromatic rings. The van der Waals surface area contributed by atoms with E-state index in [-0.39, 0.29) is 0 Å². The Morgan fingerprint density at radius 1 is 1.00 bits per heavy atom. The van der Waals surface area contributed by atoms with Crippen LogP contribution in [0.15, 0.2) is 42.5 Å². The highest BCUT2D eigenvalue weighted by atomic mass is 13.9. The fourth-order valence-electron chi connectivity index (χ4n) is 1.45. The Hall–Kier alpha value is -1.04. The predicted molar refractivity (Wildman–Crippen MR) is 63.4 cm³/mol. The van der Waals surface area contributed by atoms with Crippen LogP contribution in [0.25, 0.3) is 0 Å². The van der Waals surface area contributed by atoms with Gasteiger partial charge in [0.1, 0.15) is 0 Å². The van der Waals surface area contributed by atoms with E-state index in [0.29, 0.717) is 0 Å². The van der Waals surface area contributed by atoms with Gasteiger partial charge < -0.3 is 0 Å². The third-order valence-corrected chi connectivity index (χ3v) is 2.33. The number of benzene rings is 1. The van der Waals surface area contributed by atoms with Crippen molar-refractivity contribution in [2.45, 2.75) is 39.0 Å². The lowest BCUT2D eigenvalue weighted by atomic mass is 10.1. The van der Waals surface area contributed by atoms with Crippen LogP contribution in [0.5, 0.6) is 0 Å². The molecule has 0 radical (unpaired) electrons. The molecule has 0 atom stereocenters. The summed E-state index contributed by atoms with van der Waals surface area (Å²) in [5, 5.41) is 0. The van der Waals surface area contributed by atoms with Crippen molar-refractivity contribution in [3.63, 3.8) is 0 Å². The van der Waals surface area contributed by atoms with E-state index in [1.54, 1.807) is 0 Å². The maximum atomic E-state index is 2.31. The van der Waals surface area contributed by atoms with Crippen LogP contribution in [-0.2, 0) is 6.42 Å². The molecule has 0 unspecified atom stereocenters. The van der Waals surface area contributed by atoms with Crippen molar-refractivity contribution in [3.8, 4) is 0 Å². The molecule has 0 saturated heterocycles. The topological polar surface area (TPSA) is 0 Å². The van der Waals surface area contributed by atoms with E-state index in [9.17, 15) is 0 Å². The highest BCUT2D eigenvalue weighted by Gasteiger charge is 1.87. The van der Waals surface area contributed by atoms with Gasteiger partial charge in [0.2, 0.25) is 0 Å². The summed E-state index contributed by atoms with van der Waals surface area (Å²) in [6, 6.07) is 10.7. The second kappa shape index (κ2) is 7.37. The largest absolute Gasteiger partial charge is 0.0885 e. The summed E-state index contributed by atoms with van der Waals surface area (Å²) < 4.78 is 0. The summed E-state index contributed by atoms with van der Waals surface area (Å²) in [5.41, 5.74) is 1.44. The van der Waals surface area contributed by atoms with Gasteiger partial charge in [-0.25, -0.2) is 0 Å². The van der Waals surface area contributed by atoms with Gasteiger partial charge in [-0.05, 0) is 24.8 Å². The van der Waals surface area contributed by atoms with Gasteiger partial charge in [-0.3, -0.25) is 0 Å². The first-order chi connectivity index (χ1) is 6.93. The molecule has 0 N–H and O–H groups in total. The monoisotopic (exact) mass is 188 g/mol. The number of hydrogen-bond donors (Lipinski definition) is 0. The summed E-state index contributed by atoms with van der Waals surface area (Å²) in [4.78, 5) is 0. The van der Waals surface area contributed by atoms with Crippen LogP contribution >= 0.6 is 0 Å². The van der Waals surface area contributed by atoms with Crippen LogP contribution < -0.4 is 0 Å². The summed E-state index contributed by atoms with van der Waals surface area (Å²) in [6.45, 7) is 2.23. The van der Waals surface area contributed by atoms with Crippen LogP contribution in [0.1, 0.15) is 38.2 Å². The third kappa shape index (κ3) is 4.86. The Morgan fingerprint density at radius 2 is 1.71 bits per heavy atom. The molecule has 0 fully saturated rings. The molecule has 0 heteroatoms. The lowest BCUT2D eigenvalue weighted by Gasteiger charge is -1.96. The first-order valence-corrected chi connectivity index (χ1v) is 5.62. The van der Waals surface area contributed by atoms with Gasteiger partial charge in [0, 0.05) is 0 Å². The molecule has 1 rings (SSSR count). The minimum absolute atomic E-state index is 1.17. The first-order valence-electron chi connectivity index (χ1n) is 5.62. The molecule has 14 heavy (non-hydrogen) atoms. The predicted octanol–water partition coefficient (Wildman–Crippen LogP) is 4.37. The lowest BCUT2D eigenvalue weighted by molar-refractivity contribution is 0.811. The summed E-state index contributed by atoms with van der Waals surface area (Å²) >= 11 is 0. The number of rotatable bonds is 6. The van der Waals surface area contributed by atoms with Gasteiger partial charge in [-0.15, -0.1) is 0 Å². The Bertz CT molecular complexity index is 246. The van der Waals surface area contributed by atoms with Crippen molar-refractivity contribution in [2.24, 2.45) is 0 Å². The van der Waals surface area contributed by atoms with Crippen molar-refractivity contribution in [3.05, 3.63) is 48.0 Å². The van der Waals surface area contributed by atoms with E-state index in [4.69, 9.17) is 0 Å². The number of aryl methyl sites for hydroxylation is 1. The quantitative estimate of drug-likeness (QED) is 0.459. The van der Waals surface area contributed by atoms with Crippen molar-refractivity contribution in [1.82, 2.24) is 0 Å². The van der Waals surface area contributed by atoms with Gasteiger partial charge in [0.05, 0.1) is 0 Å². The summed E-state index contributed by atoms with van der Waals surface area (Å²) in [5.74, 6) is 0. The van der Waals surface area contributed by atoms with Crippen LogP contribution in [0.4, 0.5) is 0 Å². The average molecular weight is 188 g/mol. The Kier molecular flexibility index (Phi) is 5.81. The van der Waals surface area contributed by atoms with E-state index >= 15 is 0 Å². The van der Waals surface area contributed by atoms with Crippen LogP contribution in [0.2, 0.25) is 0 Å². The first kappa shape index (κ1) is 11.0. The minimum Gasteiger partial charge on any atom is -0.0885 e. The van der Waals surface area contributed by atoms with Gasteiger partial charge >= 0.3 is 0 Å². The minimum atomic E-state index is 1.17. The number of hydrogen-bond acceptors (Lipinski definition) is 0. The van der Waals surface area contributed by atoms with E-state index < -0.39 is 0 Å². The van der Waals surface area contributed by atoms with Crippen LogP contribution in [0.3, 0.4) is 0 Å². The standard InChI is InChI=1S/C14H20/c1-2-3-4-5-6-8-11-14-12-9-7-10-13-14/h5-7,9-10,12-13H,2-4,8,11H2,1H3/b6-5-. The zero-order valence-electron chi connectivity index (χ0n) is 9.08. The molecular formula is C14H20. The van der Waals surface area contributed by atoms with Crippen molar-refractivity contribution < 1.29 is 0 Å². The molecule has 0 aliphatic heterocycles. The SMILES string of the molecule is CCCC/C=C\CCc1ccccc1. The van der Waals surface area contributed by atoms with Crippen molar-refractivity contribution in [1.29, 1.82) is 0 Å². The molecule has 0 bridgehead atoms. The fraction of sp³-hybridized carbons (Fsp3) is 0.429. The molecule has 0 amide bonds. The van der Waals surface area contributed by atoms with Gasteiger partial charge in [0.15, 0.2) is 0 Å². The molecule has 0 heterocycles. The Balaban J connectivity index is 2.12. The maximum Gasteiger partial charge on any atom is -0.0244 e. The normalized spacial score (nSPS) is 10.9. The second-order valence-electron chi connectivity index (χ2n) is 3.64. The molecule has 76 valence electrons. The molecule has 0 aliphatic rings. The zero-order valence-corrected chi connectivity index (χ0v) is 9.08. The highest BCUT2D eigenvalue weighted by molar-refractivity contribution is 5.15. The molecule has 0 aromatic heterocycles. The molecular weight excluding hydrogens is 168 g/mol. The molecule has 0 aliphatic carbocycles. The van der Waals surface area contributed by atoms with Crippen LogP contribution in [-0.4, -0.2) is 0 Å². The lowest BCUT2D eigenvalue weighted by Crippen LogP contribution is -1.81. The molecule has 0 nitrogen and oxygen atoms in total. The van der Waals surface area contributed by atoms with Crippen LogP contribution in [0, 0.1) is 0 Å². The van der Waals surface area contributed by atoms with E-state index in [2.05, 4.69) is 49.4 Å². The van der Waals surface area contributed by atoms with E-state index in [1.165, 1.54) is 37.7 Å². The molecule has 0 saturated carbocycles. The van der Waals surface area contributed by atoms with Gasteiger partial charge in [-0.2, -0.15) is 0 Å². The molecule has 1 aromatic carbocycles. The number of allylic oxidation sites excluding steroid dienone is 2. The fourth-order valence-corrected chi connectivity index (χ4v) is 1.45. The smallest absolute Gasteiger partial charge is 0.0244 e. The molecule has 0 spiro atoms. The third-order valence-electron chi connectivity index (χ3n) is 2.33. The summed E-state index contributed by atoms with van der Waals surface area (Å²) in [7, 11) is 0. The number of unbranched alkanes of at least 4 members (excludes halogenated alkanes) is 2. The summed E-state index contributed by atoms with van der Waals surface area (Å²) in [6.07, 6.45) is 10.8. The van der Waals surface area contributed by atoms with E-state index in [0.717, 1.165) is 0 Å². The van der Waals surface area contributed by atoms with Crippen molar-refractivity contribution in [2.75, 3.05) is 0 Å². The maximum absolute atomic E-state index is 2.31. The zero-order chi connectivity index (χ0) is 10.1. The van der Waals surface area contributed by atoms with Crippen molar-refractivity contribution >= 4 is 0 Å². The van der Waals surface area contributed by atoms with Gasteiger partial charge in [0.25, 0.3) is 0 Å². The average Bonchev–Trinajstić information content (AvgIpc) is 2.25. The Labute approximate surface area is 87.7 Å².